The number of anilines is 1. The van der Waals surface area contributed by atoms with Gasteiger partial charge in [-0.05, 0) is 37.6 Å². The highest BCUT2D eigenvalue weighted by Gasteiger charge is 2.30. The lowest BCUT2D eigenvalue weighted by Gasteiger charge is -2.40. The second-order valence-corrected chi connectivity index (χ2v) is 10.6. The smallest absolute Gasteiger partial charge is 0.293 e. The van der Waals surface area contributed by atoms with Crippen LogP contribution in [-0.2, 0) is 10.0 Å². The normalized spacial score (nSPS) is 20.7. The molecule has 0 spiro atoms. The van der Waals surface area contributed by atoms with E-state index in [0.717, 1.165) is 39.0 Å². The summed E-state index contributed by atoms with van der Waals surface area (Å²) in [6.07, 6.45) is 1.63. The third-order valence-corrected chi connectivity index (χ3v) is 8.36. The molecule has 2 saturated heterocycles. The summed E-state index contributed by atoms with van der Waals surface area (Å²) in [6.45, 7) is 4.96. The number of nitrogens with one attached hydrogen (secondary N) is 1. The van der Waals surface area contributed by atoms with Crippen molar-refractivity contribution in [3.63, 3.8) is 0 Å². The molecule has 0 bridgehead atoms. The van der Waals surface area contributed by atoms with Crippen molar-refractivity contribution in [1.29, 1.82) is 0 Å². The molecule has 0 aromatic heterocycles. The Labute approximate surface area is 195 Å². The SMILES string of the molecule is CN1CCN(CCNc2ccc(S(=O)(=O)N3CCCC3)cc2[N+](=O)[O-])[C@@H](c2ccccc2)C1. The van der Waals surface area contributed by atoms with E-state index in [1.807, 2.05) is 18.2 Å². The monoisotopic (exact) mass is 473 g/mol. The van der Waals surface area contributed by atoms with Gasteiger partial charge in [-0.15, -0.1) is 0 Å². The van der Waals surface area contributed by atoms with Gasteiger partial charge in [-0.25, -0.2) is 8.42 Å². The van der Waals surface area contributed by atoms with Gasteiger partial charge in [0.15, 0.2) is 0 Å². The molecular formula is C23H31N5O4S. The van der Waals surface area contributed by atoms with Crippen molar-refractivity contribution in [2.45, 2.75) is 23.8 Å². The second-order valence-electron chi connectivity index (χ2n) is 8.70. The third kappa shape index (κ3) is 5.35. The zero-order chi connectivity index (χ0) is 23.4. The lowest BCUT2D eigenvalue weighted by atomic mass is 10.0. The predicted molar refractivity (Wildman–Crippen MR) is 128 cm³/mol. The fourth-order valence-electron chi connectivity index (χ4n) is 4.60. The summed E-state index contributed by atoms with van der Waals surface area (Å²) in [7, 11) is -1.59. The number of nitro benzene ring substituents is 1. The van der Waals surface area contributed by atoms with Gasteiger partial charge >= 0.3 is 0 Å². The molecule has 2 aliphatic heterocycles. The zero-order valence-electron chi connectivity index (χ0n) is 18.9. The van der Waals surface area contributed by atoms with Crippen molar-refractivity contribution < 1.29 is 13.3 Å². The number of benzene rings is 2. The van der Waals surface area contributed by atoms with E-state index in [1.165, 1.54) is 28.1 Å². The molecule has 2 aliphatic rings. The number of hydrogen-bond donors (Lipinski definition) is 1. The Morgan fingerprint density at radius 1 is 1.06 bits per heavy atom. The van der Waals surface area contributed by atoms with Gasteiger partial charge in [-0.3, -0.25) is 15.0 Å². The summed E-state index contributed by atoms with van der Waals surface area (Å²) in [5.74, 6) is 0. The highest BCUT2D eigenvalue weighted by molar-refractivity contribution is 7.89. The second kappa shape index (κ2) is 10.2. The van der Waals surface area contributed by atoms with E-state index >= 15 is 0 Å². The first-order chi connectivity index (χ1) is 15.9. The Balaban J connectivity index is 1.46. The van der Waals surface area contributed by atoms with Gasteiger partial charge < -0.3 is 10.2 Å². The van der Waals surface area contributed by atoms with Crippen molar-refractivity contribution in [3.8, 4) is 0 Å². The van der Waals surface area contributed by atoms with Gasteiger partial charge in [0.25, 0.3) is 5.69 Å². The molecule has 1 N–H and O–H groups in total. The quantitative estimate of drug-likeness (QED) is 0.465. The fraction of sp³-hybridized carbons (Fsp3) is 0.478. The number of sulfonamides is 1. The van der Waals surface area contributed by atoms with E-state index in [0.29, 0.717) is 25.3 Å². The summed E-state index contributed by atoms with van der Waals surface area (Å²) >= 11 is 0. The highest BCUT2D eigenvalue weighted by atomic mass is 32.2. The summed E-state index contributed by atoms with van der Waals surface area (Å²) in [5, 5.41) is 14.9. The van der Waals surface area contributed by atoms with Crippen molar-refractivity contribution >= 4 is 21.4 Å². The van der Waals surface area contributed by atoms with Crippen LogP contribution in [0.4, 0.5) is 11.4 Å². The molecule has 0 amide bonds. The number of rotatable bonds is 8. The van der Waals surface area contributed by atoms with E-state index in [-0.39, 0.29) is 16.6 Å². The molecule has 178 valence electrons. The number of likely N-dealkylation sites (N-methyl/N-ethyl adjacent to an activating group) is 1. The van der Waals surface area contributed by atoms with Crippen LogP contribution in [0.5, 0.6) is 0 Å². The lowest BCUT2D eigenvalue weighted by Crippen LogP contribution is -2.48. The first kappa shape index (κ1) is 23.6. The molecule has 33 heavy (non-hydrogen) atoms. The Bertz CT molecular complexity index is 1070. The maximum absolute atomic E-state index is 12.8. The van der Waals surface area contributed by atoms with Crippen LogP contribution in [0.15, 0.2) is 53.4 Å². The number of piperazine rings is 1. The summed E-state index contributed by atoms with van der Waals surface area (Å²) in [6, 6.07) is 14.8. The van der Waals surface area contributed by atoms with Crippen LogP contribution in [0.3, 0.4) is 0 Å². The van der Waals surface area contributed by atoms with E-state index < -0.39 is 14.9 Å². The molecule has 0 saturated carbocycles. The van der Waals surface area contributed by atoms with Crippen molar-refractivity contribution in [1.82, 2.24) is 14.1 Å². The largest absolute Gasteiger partial charge is 0.378 e. The van der Waals surface area contributed by atoms with Crippen LogP contribution in [0, 0.1) is 10.1 Å². The average Bonchev–Trinajstić information content (AvgIpc) is 3.36. The average molecular weight is 474 g/mol. The summed E-state index contributed by atoms with van der Waals surface area (Å²) < 4.78 is 27.0. The summed E-state index contributed by atoms with van der Waals surface area (Å²) in [4.78, 5) is 15.9. The first-order valence-electron chi connectivity index (χ1n) is 11.4. The van der Waals surface area contributed by atoms with Gasteiger partial charge in [0.05, 0.1) is 9.82 Å². The van der Waals surface area contributed by atoms with E-state index in [1.54, 1.807) is 0 Å². The number of hydrogen-bond acceptors (Lipinski definition) is 7. The molecule has 0 radical (unpaired) electrons. The Hall–Kier alpha value is -2.53. The van der Waals surface area contributed by atoms with Crippen LogP contribution >= 0.6 is 0 Å². The molecule has 9 nitrogen and oxygen atoms in total. The van der Waals surface area contributed by atoms with Crippen molar-refractivity contribution in [2.24, 2.45) is 0 Å². The van der Waals surface area contributed by atoms with Crippen LogP contribution in [-0.4, -0.2) is 80.3 Å². The molecule has 0 aliphatic carbocycles. The molecule has 0 unspecified atom stereocenters. The number of nitrogens with zero attached hydrogens (tertiary/aromatic N) is 4. The summed E-state index contributed by atoms with van der Waals surface area (Å²) in [5.41, 5.74) is 1.38. The highest BCUT2D eigenvalue weighted by Crippen LogP contribution is 2.30. The zero-order valence-corrected chi connectivity index (χ0v) is 19.7. The Morgan fingerprint density at radius 2 is 1.79 bits per heavy atom. The van der Waals surface area contributed by atoms with Gasteiger partial charge in [-0.2, -0.15) is 4.31 Å². The van der Waals surface area contributed by atoms with Crippen LogP contribution in [0.25, 0.3) is 0 Å². The van der Waals surface area contributed by atoms with Crippen molar-refractivity contribution in [3.05, 3.63) is 64.2 Å². The molecular weight excluding hydrogens is 442 g/mol. The molecule has 4 rings (SSSR count). The molecule has 2 aromatic carbocycles. The standard InChI is InChI=1S/C23H31N5O4S/c1-25-15-16-26(23(18-25)19-7-3-2-4-8-19)14-11-24-21-10-9-20(17-22(21)28(29)30)33(31,32)27-12-5-6-13-27/h2-4,7-10,17,23-24H,5-6,11-16,18H2,1H3/t23-/m1/s1. The van der Waals surface area contributed by atoms with Crippen LogP contribution in [0.1, 0.15) is 24.4 Å². The lowest BCUT2D eigenvalue weighted by molar-refractivity contribution is -0.384. The van der Waals surface area contributed by atoms with E-state index in [2.05, 4.69) is 34.3 Å². The molecule has 2 heterocycles. The van der Waals surface area contributed by atoms with Gasteiger partial charge in [0, 0.05) is 57.9 Å². The maximum atomic E-state index is 12.8. The maximum Gasteiger partial charge on any atom is 0.293 e. The Morgan fingerprint density at radius 3 is 2.48 bits per heavy atom. The third-order valence-electron chi connectivity index (χ3n) is 6.46. The van der Waals surface area contributed by atoms with Gasteiger partial charge in [-0.1, -0.05) is 30.3 Å². The molecule has 2 aromatic rings. The number of nitro groups is 1. The minimum Gasteiger partial charge on any atom is -0.378 e. The first-order valence-corrected chi connectivity index (χ1v) is 12.8. The van der Waals surface area contributed by atoms with Gasteiger partial charge in [0.2, 0.25) is 10.0 Å². The van der Waals surface area contributed by atoms with Crippen molar-refractivity contribution in [2.75, 3.05) is 58.2 Å². The van der Waals surface area contributed by atoms with E-state index in [4.69, 9.17) is 0 Å². The molecule has 2 fully saturated rings. The molecule has 1 atom stereocenters. The minimum atomic E-state index is -3.70. The predicted octanol–water partition coefficient (Wildman–Crippen LogP) is 2.78. The minimum absolute atomic E-state index is 0.0233. The molecule has 10 heteroatoms. The van der Waals surface area contributed by atoms with E-state index in [9.17, 15) is 18.5 Å². The van der Waals surface area contributed by atoms with Crippen LogP contribution in [0.2, 0.25) is 0 Å². The Kier molecular flexibility index (Phi) is 7.28. The van der Waals surface area contributed by atoms with Crippen LogP contribution < -0.4 is 5.32 Å². The fourth-order valence-corrected chi connectivity index (χ4v) is 6.14. The topological polar surface area (TPSA) is 99.0 Å². The van der Waals surface area contributed by atoms with Gasteiger partial charge in [0.1, 0.15) is 5.69 Å².